The molecule has 0 unspecified atom stereocenters. The molecule has 4 rings (SSSR count). The third kappa shape index (κ3) is 4.47. The van der Waals surface area contributed by atoms with Gasteiger partial charge in [0.1, 0.15) is 18.0 Å². The van der Waals surface area contributed by atoms with Gasteiger partial charge in [-0.15, -0.1) is 0 Å². The topological polar surface area (TPSA) is 122 Å². The number of rotatable bonds is 5. The molecule has 0 aliphatic carbocycles. The van der Waals surface area contributed by atoms with E-state index in [0.29, 0.717) is 23.6 Å². The SMILES string of the molecule is CC(=O)N[C@@H]1CCN(c2nc3cc(F)c(C)cc3cc2[C@H](C)Nc2ncnc(N)n2)C1. The predicted octanol–water partition coefficient (Wildman–Crippen LogP) is 2.34. The van der Waals surface area contributed by atoms with Crippen molar-refractivity contribution in [3.05, 3.63) is 41.5 Å². The zero-order valence-corrected chi connectivity index (χ0v) is 17.7. The van der Waals surface area contributed by atoms with Gasteiger partial charge in [0, 0.05) is 43.1 Å². The van der Waals surface area contributed by atoms with E-state index >= 15 is 0 Å². The van der Waals surface area contributed by atoms with Crippen LogP contribution in [-0.2, 0) is 4.79 Å². The van der Waals surface area contributed by atoms with Crippen molar-refractivity contribution in [2.24, 2.45) is 0 Å². The van der Waals surface area contributed by atoms with E-state index in [1.807, 2.05) is 13.0 Å². The molecule has 9 nitrogen and oxygen atoms in total. The molecule has 0 spiro atoms. The van der Waals surface area contributed by atoms with E-state index in [1.165, 1.54) is 19.3 Å². The Morgan fingerprint density at radius 2 is 2.10 bits per heavy atom. The second kappa shape index (κ2) is 8.29. The minimum atomic E-state index is -0.289. The number of carbonyl (C=O) groups excluding carboxylic acids is 1. The van der Waals surface area contributed by atoms with Crippen LogP contribution in [-0.4, -0.2) is 45.0 Å². The number of carbonyl (C=O) groups is 1. The molecule has 1 saturated heterocycles. The molecule has 1 aliphatic heterocycles. The van der Waals surface area contributed by atoms with Crippen molar-refractivity contribution in [1.29, 1.82) is 0 Å². The van der Waals surface area contributed by atoms with Crippen LogP contribution >= 0.6 is 0 Å². The first-order chi connectivity index (χ1) is 14.8. The number of fused-ring (bicyclic) bond motifs is 1. The lowest BCUT2D eigenvalue weighted by molar-refractivity contribution is -0.119. The van der Waals surface area contributed by atoms with Crippen LogP contribution in [0.25, 0.3) is 10.9 Å². The predicted molar refractivity (Wildman–Crippen MR) is 117 cm³/mol. The van der Waals surface area contributed by atoms with E-state index in [0.717, 1.165) is 29.7 Å². The number of halogens is 1. The van der Waals surface area contributed by atoms with Crippen LogP contribution in [0, 0.1) is 12.7 Å². The number of aromatic nitrogens is 4. The summed E-state index contributed by atoms with van der Waals surface area (Å²) in [7, 11) is 0. The minimum Gasteiger partial charge on any atom is -0.368 e. The third-order valence-corrected chi connectivity index (χ3v) is 5.40. The molecule has 1 amide bonds. The van der Waals surface area contributed by atoms with Gasteiger partial charge in [0.15, 0.2) is 0 Å². The maximum atomic E-state index is 14.2. The number of amides is 1. The summed E-state index contributed by atoms with van der Waals surface area (Å²) in [5, 5.41) is 7.06. The summed E-state index contributed by atoms with van der Waals surface area (Å²) in [4.78, 5) is 30.4. The van der Waals surface area contributed by atoms with Gasteiger partial charge in [0.25, 0.3) is 0 Å². The monoisotopic (exact) mass is 424 g/mol. The average molecular weight is 424 g/mol. The summed E-state index contributed by atoms with van der Waals surface area (Å²) in [6.07, 6.45) is 2.16. The molecule has 0 bridgehead atoms. The lowest BCUT2D eigenvalue weighted by Gasteiger charge is -2.25. The molecule has 1 aliphatic rings. The second-order valence-corrected chi connectivity index (χ2v) is 7.86. The van der Waals surface area contributed by atoms with Gasteiger partial charge in [-0.2, -0.15) is 4.98 Å². The largest absolute Gasteiger partial charge is 0.368 e. The summed E-state index contributed by atoms with van der Waals surface area (Å²) in [5.41, 5.74) is 7.73. The molecular weight excluding hydrogens is 399 g/mol. The number of aryl methyl sites for hydroxylation is 1. The number of nitrogens with two attached hydrogens (primary N) is 1. The smallest absolute Gasteiger partial charge is 0.227 e. The first kappa shape index (κ1) is 20.7. The van der Waals surface area contributed by atoms with Crippen molar-refractivity contribution in [2.75, 3.05) is 29.0 Å². The van der Waals surface area contributed by atoms with Gasteiger partial charge >= 0.3 is 0 Å². The first-order valence-electron chi connectivity index (χ1n) is 10.1. The fourth-order valence-electron chi connectivity index (χ4n) is 3.90. The Balaban J connectivity index is 1.73. The van der Waals surface area contributed by atoms with Crippen LogP contribution in [0.4, 0.5) is 22.1 Å². The standard InChI is InChI=1S/C21H25FN8O/c1-11-6-14-7-16(12(2)26-21-25-10-24-20(23)29-21)19(28-18(14)8-17(11)22)30-5-4-15(9-30)27-13(3)31/h6-8,10,12,15H,4-5,9H2,1-3H3,(H,27,31)(H3,23,24,25,26,29)/t12-,15+/m0/s1. The first-order valence-corrected chi connectivity index (χ1v) is 10.1. The second-order valence-electron chi connectivity index (χ2n) is 7.86. The highest BCUT2D eigenvalue weighted by Gasteiger charge is 2.27. The number of nitrogen functional groups attached to an aromatic ring is 1. The zero-order valence-electron chi connectivity index (χ0n) is 17.7. The van der Waals surface area contributed by atoms with Crippen LogP contribution in [0.1, 0.15) is 37.4 Å². The molecule has 162 valence electrons. The Morgan fingerprint density at radius 3 is 2.84 bits per heavy atom. The number of anilines is 3. The molecular formula is C21H25FN8O. The maximum absolute atomic E-state index is 14.2. The lowest BCUT2D eigenvalue weighted by Crippen LogP contribution is -2.36. The molecule has 10 heteroatoms. The minimum absolute atomic E-state index is 0.0456. The summed E-state index contributed by atoms with van der Waals surface area (Å²) in [6, 6.07) is 5.10. The molecule has 2 atom stereocenters. The normalized spacial score (nSPS) is 17.0. The molecule has 0 saturated carbocycles. The number of pyridine rings is 1. The number of hydrogen-bond acceptors (Lipinski definition) is 8. The maximum Gasteiger partial charge on any atom is 0.227 e. The van der Waals surface area contributed by atoms with Crippen LogP contribution in [0.15, 0.2) is 24.5 Å². The van der Waals surface area contributed by atoms with Gasteiger partial charge in [-0.05, 0) is 38.0 Å². The van der Waals surface area contributed by atoms with Crippen molar-refractivity contribution in [2.45, 2.75) is 39.3 Å². The highest BCUT2D eigenvalue weighted by Crippen LogP contribution is 2.32. The van der Waals surface area contributed by atoms with Gasteiger partial charge in [-0.1, -0.05) is 0 Å². The zero-order chi connectivity index (χ0) is 22.1. The molecule has 31 heavy (non-hydrogen) atoms. The number of nitrogens with one attached hydrogen (secondary N) is 2. The Kier molecular flexibility index (Phi) is 5.53. The molecule has 2 aromatic heterocycles. The van der Waals surface area contributed by atoms with E-state index in [9.17, 15) is 9.18 Å². The average Bonchev–Trinajstić information content (AvgIpc) is 3.15. The number of hydrogen-bond donors (Lipinski definition) is 3. The Labute approximate surface area is 179 Å². The van der Waals surface area contributed by atoms with Crippen molar-refractivity contribution < 1.29 is 9.18 Å². The molecule has 1 aromatic carbocycles. The van der Waals surface area contributed by atoms with Gasteiger partial charge in [-0.25, -0.2) is 19.3 Å². The van der Waals surface area contributed by atoms with Crippen molar-refractivity contribution in [3.8, 4) is 0 Å². The van der Waals surface area contributed by atoms with Gasteiger partial charge in [-0.3, -0.25) is 4.79 Å². The molecule has 3 aromatic rings. The summed E-state index contributed by atoms with van der Waals surface area (Å²) >= 11 is 0. The van der Waals surface area contributed by atoms with E-state index in [-0.39, 0.29) is 29.8 Å². The van der Waals surface area contributed by atoms with Crippen LogP contribution in [0.3, 0.4) is 0 Å². The Bertz CT molecular complexity index is 1140. The van der Waals surface area contributed by atoms with Crippen molar-refractivity contribution in [1.82, 2.24) is 25.3 Å². The molecule has 0 radical (unpaired) electrons. The van der Waals surface area contributed by atoms with Crippen LogP contribution < -0.4 is 21.3 Å². The van der Waals surface area contributed by atoms with E-state index in [4.69, 9.17) is 10.7 Å². The Hall–Kier alpha value is -3.56. The summed E-state index contributed by atoms with van der Waals surface area (Å²) < 4.78 is 14.2. The number of benzene rings is 1. The van der Waals surface area contributed by atoms with Gasteiger partial charge in [0.2, 0.25) is 17.8 Å². The third-order valence-electron chi connectivity index (χ3n) is 5.40. The van der Waals surface area contributed by atoms with E-state index < -0.39 is 0 Å². The van der Waals surface area contributed by atoms with Crippen LogP contribution in [0.2, 0.25) is 0 Å². The number of nitrogens with zero attached hydrogens (tertiary/aromatic N) is 5. The molecule has 1 fully saturated rings. The van der Waals surface area contributed by atoms with E-state index in [2.05, 4.69) is 30.5 Å². The van der Waals surface area contributed by atoms with Gasteiger partial charge in [0.05, 0.1) is 11.6 Å². The van der Waals surface area contributed by atoms with E-state index in [1.54, 1.807) is 13.0 Å². The lowest BCUT2D eigenvalue weighted by atomic mass is 10.0. The fraction of sp³-hybridized carbons (Fsp3) is 0.381. The van der Waals surface area contributed by atoms with Gasteiger partial charge < -0.3 is 21.3 Å². The quantitative estimate of drug-likeness (QED) is 0.571. The fourth-order valence-corrected chi connectivity index (χ4v) is 3.90. The highest BCUT2D eigenvalue weighted by atomic mass is 19.1. The summed E-state index contributed by atoms with van der Waals surface area (Å²) in [6.45, 7) is 6.58. The van der Waals surface area contributed by atoms with Crippen LogP contribution in [0.5, 0.6) is 0 Å². The molecule has 3 heterocycles. The van der Waals surface area contributed by atoms with Crippen molar-refractivity contribution in [3.63, 3.8) is 0 Å². The Morgan fingerprint density at radius 1 is 1.29 bits per heavy atom. The van der Waals surface area contributed by atoms with Crippen molar-refractivity contribution >= 4 is 34.5 Å². The summed E-state index contributed by atoms with van der Waals surface area (Å²) in [5.74, 6) is 0.886. The molecule has 4 N–H and O–H groups in total. The highest BCUT2D eigenvalue weighted by molar-refractivity contribution is 5.83.